The SMILES string of the molecule is Cc1cc(C)c(C)c(-c2c3cc(-c4cnc(C(C)C)nc4)ccc3cc[n+]2C)c1. The second-order valence-electron chi connectivity index (χ2n) is 8.32. The molecule has 3 nitrogen and oxygen atoms in total. The van der Waals surface area contributed by atoms with Gasteiger partial charge in [0.1, 0.15) is 12.9 Å². The molecular formula is C26H28N3+. The number of aromatic nitrogens is 3. The highest BCUT2D eigenvalue weighted by Crippen LogP contribution is 2.32. The van der Waals surface area contributed by atoms with E-state index in [4.69, 9.17) is 0 Å². The average Bonchev–Trinajstić information content (AvgIpc) is 2.70. The third kappa shape index (κ3) is 3.53. The summed E-state index contributed by atoms with van der Waals surface area (Å²) in [4.78, 5) is 9.11. The number of nitrogens with zero attached hydrogens (tertiary/aromatic N) is 3. The zero-order valence-corrected chi connectivity index (χ0v) is 18.1. The summed E-state index contributed by atoms with van der Waals surface area (Å²) in [6.45, 7) is 10.8. The van der Waals surface area contributed by atoms with Crippen LogP contribution in [0, 0.1) is 20.8 Å². The summed E-state index contributed by atoms with van der Waals surface area (Å²) in [6, 6.07) is 13.4. The highest BCUT2D eigenvalue weighted by atomic mass is 14.9. The van der Waals surface area contributed by atoms with Crippen molar-refractivity contribution in [2.75, 3.05) is 0 Å². The molecule has 0 fully saturated rings. The van der Waals surface area contributed by atoms with Crippen molar-refractivity contribution in [2.24, 2.45) is 7.05 Å². The second-order valence-corrected chi connectivity index (χ2v) is 8.32. The first-order chi connectivity index (χ1) is 13.8. The van der Waals surface area contributed by atoms with Gasteiger partial charge in [0.2, 0.25) is 5.69 Å². The third-order valence-corrected chi connectivity index (χ3v) is 5.73. The van der Waals surface area contributed by atoms with Gasteiger partial charge in [-0.25, -0.2) is 14.5 Å². The van der Waals surface area contributed by atoms with Crippen molar-refractivity contribution >= 4 is 10.8 Å². The van der Waals surface area contributed by atoms with Gasteiger partial charge in [-0.1, -0.05) is 37.6 Å². The van der Waals surface area contributed by atoms with Crippen LogP contribution in [0.15, 0.2) is 55.0 Å². The normalized spacial score (nSPS) is 11.4. The van der Waals surface area contributed by atoms with E-state index >= 15 is 0 Å². The number of pyridine rings is 1. The van der Waals surface area contributed by atoms with Crippen molar-refractivity contribution in [1.82, 2.24) is 9.97 Å². The maximum atomic E-state index is 4.55. The molecular weight excluding hydrogens is 354 g/mol. The van der Waals surface area contributed by atoms with E-state index < -0.39 is 0 Å². The van der Waals surface area contributed by atoms with Crippen LogP contribution < -0.4 is 4.57 Å². The average molecular weight is 383 g/mol. The topological polar surface area (TPSA) is 29.7 Å². The quantitative estimate of drug-likeness (QED) is 0.417. The Morgan fingerprint density at radius 3 is 2.28 bits per heavy atom. The molecule has 4 rings (SSSR count). The molecule has 3 heteroatoms. The molecule has 2 heterocycles. The first-order valence-electron chi connectivity index (χ1n) is 10.2. The fourth-order valence-electron chi connectivity index (χ4n) is 3.95. The molecule has 0 aliphatic carbocycles. The Hall–Kier alpha value is -3.07. The first-order valence-corrected chi connectivity index (χ1v) is 10.2. The van der Waals surface area contributed by atoms with Gasteiger partial charge in [-0.15, -0.1) is 0 Å². The van der Waals surface area contributed by atoms with Crippen LogP contribution in [0.25, 0.3) is 33.2 Å². The van der Waals surface area contributed by atoms with Crippen molar-refractivity contribution in [3.05, 3.63) is 77.5 Å². The van der Waals surface area contributed by atoms with E-state index in [1.54, 1.807) is 0 Å². The molecule has 0 spiro atoms. The van der Waals surface area contributed by atoms with E-state index in [2.05, 4.69) is 98.8 Å². The van der Waals surface area contributed by atoms with Gasteiger partial charge in [-0.2, -0.15) is 0 Å². The summed E-state index contributed by atoms with van der Waals surface area (Å²) < 4.78 is 2.23. The monoisotopic (exact) mass is 382 g/mol. The summed E-state index contributed by atoms with van der Waals surface area (Å²) in [5.41, 5.74) is 8.66. The zero-order chi connectivity index (χ0) is 20.7. The maximum absolute atomic E-state index is 4.55. The van der Waals surface area contributed by atoms with Gasteiger partial charge in [-0.05, 0) is 55.0 Å². The van der Waals surface area contributed by atoms with Crippen molar-refractivity contribution in [2.45, 2.75) is 40.5 Å². The molecule has 0 atom stereocenters. The Morgan fingerprint density at radius 2 is 1.59 bits per heavy atom. The van der Waals surface area contributed by atoms with Crippen molar-refractivity contribution in [3.63, 3.8) is 0 Å². The summed E-state index contributed by atoms with van der Waals surface area (Å²) in [5, 5.41) is 2.48. The summed E-state index contributed by atoms with van der Waals surface area (Å²) >= 11 is 0. The van der Waals surface area contributed by atoms with Gasteiger partial charge in [0.25, 0.3) is 0 Å². The Morgan fingerprint density at radius 1 is 0.862 bits per heavy atom. The molecule has 0 aliphatic heterocycles. The summed E-state index contributed by atoms with van der Waals surface area (Å²) in [6.07, 6.45) is 6.03. The number of rotatable bonds is 3. The number of aryl methyl sites for hydroxylation is 3. The predicted molar refractivity (Wildman–Crippen MR) is 120 cm³/mol. The Labute approximate surface area is 173 Å². The molecule has 0 saturated heterocycles. The summed E-state index contributed by atoms with van der Waals surface area (Å²) in [5.74, 6) is 1.21. The Bertz CT molecular complexity index is 1210. The molecule has 4 aromatic rings. The van der Waals surface area contributed by atoms with Gasteiger partial charge < -0.3 is 0 Å². The van der Waals surface area contributed by atoms with Gasteiger partial charge in [0, 0.05) is 29.9 Å². The fourth-order valence-corrected chi connectivity index (χ4v) is 3.95. The highest BCUT2D eigenvalue weighted by molar-refractivity contribution is 5.96. The van der Waals surface area contributed by atoms with Crippen LogP contribution in [0.1, 0.15) is 42.3 Å². The van der Waals surface area contributed by atoms with Crippen LogP contribution in [0.5, 0.6) is 0 Å². The molecule has 0 bridgehead atoms. The van der Waals surface area contributed by atoms with E-state index in [-0.39, 0.29) is 0 Å². The number of fused-ring (bicyclic) bond motifs is 1. The maximum Gasteiger partial charge on any atom is 0.220 e. The number of hydrogen-bond donors (Lipinski definition) is 0. The third-order valence-electron chi connectivity index (χ3n) is 5.73. The predicted octanol–water partition coefficient (Wildman–Crippen LogP) is 5.84. The van der Waals surface area contributed by atoms with E-state index in [0.717, 1.165) is 17.0 Å². The van der Waals surface area contributed by atoms with Crippen molar-refractivity contribution < 1.29 is 4.57 Å². The Kier molecular flexibility index (Phi) is 4.91. The summed E-state index contributed by atoms with van der Waals surface area (Å²) in [7, 11) is 2.12. The molecule has 146 valence electrons. The molecule has 0 saturated carbocycles. The fraction of sp³-hybridized carbons (Fsp3) is 0.269. The minimum Gasteiger partial charge on any atom is -0.240 e. The van der Waals surface area contributed by atoms with Crippen LogP contribution in [-0.4, -0.2) is 9.97 Å². The van der Waals surface area contributed by atoms with Crippen LogP contribution in [-0.2, 0) is 7.05 Å². The van der Waals surface area contributed by atoms with E-state index in [9.17, 15) is 0 Å². The lowest BCUT2D eigenvalue weighted by molar-refractivity contribution is -0.659. The molecule has 0 amide bonds. The smallest absolute Gasteiger partial charge is 0.220 e. The van der Waals surface area contributed by atoms with Gasteiger partial charge >= 0.3 is 0 Å². The van der Waals surface area contributed by atoms with E-state index in [0.29, 0.717) is 5.92 Å². The molecule has 0 aliphatic rings. The lowest BCUT2D eigenvalue weighted by Gasteiger charge is -2.12. The van der Waals surface area contributed by atoms with E-state index in [1.165, 1.54) is 38.7 Å². The highest BCUT2D eigenvalue weighted by Gasteiger charge is 2.19. The molecule has 2 aromatic carbocycles. The van der Waals surface area contributed by atoms with Crippen LogP contribution in [0.2, 0.25) is 0 Å². The van der Waals surface area contributed by atoms with E-state index in [1.807, 2.05) is 12.4 Å². The lowest BCUT2D eigenvalue weighted by Crippen LogP contribution is -2.30. The van der Waals surface area contributed by atoms with Crippen LogP contribution in [0.4, 0.5) is 0 Å². The first kappa shape index (κ1) is 19.3. The van der Waals surface area contributed by atoms with Gasteiger partial charge in [0.05, 0.1) is 10.9 Å². The molecule has 0 unspecified atom stereocenters. The largest absolute Gasteiger partial charge is 0.240 e. The van der Waals surface area contributed by atoms with Crippen LogP contribution >= 0.6 is 0 Å². The lowest BCUT2D eigenvalue weighted by atomic mass is 9.93. The number of benzene rings is 2. The van der Waals surface area contributed by atoms with Gasteiger partial charge in [0.15, 0.2) is 6.20 Å². The second kappa shape index (κ2) is 7.40. The van der Waals surface area contributed by atoms with Crippen LogP contribution in [0.3, 0.4) is 0 Å². The zero-order valence-electron chi connectivity index (χ0n) is 18.1. The number of hydrogen-bond acceptors (Lipinski definition) is 2. The molecule has 2 aromatic heterocycles. The standard InChI is InChI=1S/C26H28N3/c1-16(2)26-27-14-22(15-28-26)21-8-7-20-9-10-29(6)25(24(20)13-21)23-12-17(3)11-18(4)19(23)5/h7-16H,1-6H3/q+1. The minimum absolute atomic E-state index is 0.332. The molecule has 0 radical (unpaired) electrons. The Balaban J connectivity index is 1.94. The molecule has 29 heavy (non-hydrogen) atoms. The van der Waals surface area contributed by atoms with Crippen molar-refractivity contribution in [3.8, 4) is 22.4 Å². The molecule has 0 N–H and O–H groups in total. The van der Waals surface area contributed by atoms with Gasteiger partial charge in [-0.3, -0.25) is 0 Å². The van der Waals surface area contributed by atoms with Crippen molar-refractivity contribution in [1.29, 1.82) is 0 Å². The minimum atomic E-state index is 0.332.